The zero-order valence-electron chi connectivity index (χ0n) is 33.1. The number of hydrogen-bond acceptors (Lipinski definition) is 8. The van der Waals surface area contributed by atoms with E-state index in [4.69, 9.17) is 4.74 Å². The Hall–Kier alpha value is -6.51. The smallest absolute Gasteiger partial charge is 0.407 e. The van der Waals surface area contributed by atoms with E-state index in [9.17, 15) is 24.3 Å². The van der Waals surface area contributed by atoms with Crippen LogP contribution in [-0.2, 0) is 20.7 Å². The minimum absolute atomic E-state index is 0.177. The molecule has 0 bridgehead atoms. The molecule has 15 heteroatoms. The molecule has 2 aromatic carbocycles. The number of alkyl carbamates (subject to hydrolysis) is 1. The number of hydrogen-bond donors (Lipinski definition) is 4. The Morgan fingerprint density at radius 3 is 1.78 bits per heavy atom. The molecule has 0 spiro atoms. The van der Waals surface area contributed by atoms with E-state index in [1.54, 1.807) is 34.5 Å². The van der Waals surface area contributed by atoms with Crippen molar-refractivity contribution in [3.05, 3.63) is 103 Å². The van der Waals surface area contributed by atoms with Gasteiger partial charge in [-0.1, -0.05) is 68.4 Å². The van der Waals surface area contributed by atoms with Gasteiger partial charge in [-0.15, -0.1) is 0 Å². The molecule has 2 fully saturated rings. The van der Waals surface area contributed by atoms with E-state index < -0.39 is 24.3 Å². The summed E-state index contributed by atoms with van der Waals surface area (Å²) in [6, 6.07) is 19.7. The van der Waals surface area contributed by atoms with Crippen molar-refractivity contribution in [1.29, 1.82) is 0 Å². The molecule has 4 amide bonds. The van der Waals surface area contributed by atoms with Crippen LogP contribution in [0.4, 0.5) is 9.59 Å². The summed E-state index contributed by atoms with van der Waals surface area (Å²) in [6.45, 7) is 4.82. The molecule has 58 heavy (non-hydrogen) atoms. The fourth-order valence-corrected chi connectivity index (χ4v) is 8.14. The van der Waals surface area contributed by atoms with Gasteiger partial charge in [0.15, 0.2) is 0 Å². The maximum absolute atomic E-state index is 13.9. The van der Waals surface area contributed by atoms with Gasteiger partial charge in [0.05, 0.1) is 43.0 Å². The van der Waals surface area contributed by atoms with Crippen molar-refractivity contribution in [2.24, 2.45) is 5.92 Å². The lowest BCUT2D eigenvalue weighted by molar-refractivity contribution is -0.138. The van der Waals surface area contributed by atoms with Crippen molar-refractivity contribution in [2.45, 2.75) is 70.1 Å². The molecule has 0 radical (unpaired) electrons. The number of amides is 4. The molecule has 2 saturated heterocycles. The summed E-state index contributed by atoms with van der Waals surface area (Å²) in [6.07, 6.45) is 6.77. The number of ether oxygens (including phenoxy) is 1. The van der Waals surface area contributed by atoms with E-state index in [1.165, 1.54) is 14.2 Å². The van der Waals surface area contributed by atoms with Gasteiger partial charge in [0.2, 0.25) is 11.8 Å². The Kier molecular flexibility index (Phi) is 11.9. The highest BCUT2D eigenvalue weighted by molar-refractivity contribution is 5.87. The fourth-order valence-electron chi connectivity index (χ4n) is 8.14. The van der Waals surface area contributed by atoms with Crippen molar-refractivity contribution >= 4 is 24.0 Å². The van der Waals surface area contributed by atoms with Crippen LogP contribution in [-0.4, -0.2) is 108 Å². The van der Waals surface area contributed by atoms with Crippen LogP contribution < -0.4 is 5.32 Å². The first kappa shape index (κ1) is 39.7. The Balaban J connectivity index is 1.01. The maximum Gasteiger partial charge on any atom is 0.407 e. The monoisotopic (exact) mass is 787 g/mol. The SMILES string of the molecule is COC(=O)N[C@@H](Cc1ccccn1)C(=O)N1CCC[C@H]1c1ncc(-c2ccc(-c3ccc(-c4cnc([C@@H]5CCCN5C(=O)[C@H](C(C)C)N(C)C(=O)O)[nH]4)cc3)cc2)[nH]1. The van der Waals surface area contributed by atoms with Gasteiger partial charge in [0, 0.05) is 38.4 Å². The van der Waals surface area contributed by atoms with E-state index in [-0.39, 0.29) is 36.2 Å². The van der Waals surface area contributed by atoms with Gasteiger partial charge in [0.25, 0.3) is 0 Å². The summed E-state index contributed by atoms with van der Waals surface area (Å²) in [5, 5.41) is 12.3. The molecule has 0 aliphatic carbocycles. The molecule has 2 aliphatic rings. The molecule has 5 heterocycles. The number of carbonyl (C=O) groups is 4. The number of benzene rings is 2. The summed E-state index contributed by atoms with van der Waals surface area (Å²) >= 11 is 0. The van der Waals surface area contributed by atoms with E-state index >= 15 is 0 Å². The van der Waals surface area contributed by atoms with E-state index in [0.29, 0.717) is 30.4 Å². The number of aromatic nitrogens is 5. The minimum Gasteiger partial charge on any atom is -0.465 e. The highest BCUT2D eigenvalue weighted by Gasteiger charge is 2.40. The Bertz CT molecular complexity index is 2220. The summed E-state index contributed by atoms with van der Waals surface area (Å²) < 4.78 is 4.82. The van der Waals surface area contributed by atoms with Crippen LogP contribution in [0, 0.1) is 5.92 Å². The molecule has 5 aromatic rings. The van der Waals surface area contributed by atoms with Gasteiger partial charge < -0.3 is 34.9 Å². The fraction of sp³-hybridized carbons (Fsp3) is 0.372. The lowest BCUT2D eigenvalue weighted by atomic mass is 10.0. The molecule has 2 aliphatic heterocycles. The highest BCUT2D eigenvalue weighted by Crippen LogP contribution is 2.35. The Morgan fingerprint density at radius 1 is 0.793 bits per heavy atom. The molecule has 15 nitrogen and oxygen atoms in total. The van der Waals surface area contributed by atoms with Gasteiger partial charge >= 0.3 is 12.2 Å². The Morgan fingerprint density at radius 2 is 1.31 bits per heavy atom. The molecular weight excluding hydrogens is 739 g/mol. The third-order valence-corrected chi connectivity index (χ3v) is 11.1. The van der Waals surface area contributed by atoms with E-state index in [0.717, 1.165) is 64.2 Å². The summed E-state index contributed by atoms with van der Waals surface area (Å²) in [7, 11) is 2.72. The van der Waals surface area contributed by atoms with Crippen LogP contribution in [0.3, 0.4) is 0 Å². The van der Waals surface area contributed by atoms with Crippen molar-refractivity contribution in [2.75, 3.05) is 27.2 Å². The largest absolute Gasteiger partial charge is 0.465 e. The molecule has 3 aromatic heterocycles. The van der Waals surface area contributed by atoms with Crippen LogP contribution in [0.15, 0.2) is 85.3 Å². The number of imidazole rings is 2. The number of methoxy groups -OCH3 is 1. The highest BCUT2D eigenvalue weighted by atomic mass is 16.5. The van der Waals surface area contributed by atoms with Gasteiger partial charge in [-0.2, -0.15) is 0 Å². The molecule has 0 saturated carbocycles. The predicted octanol–water partition coefficient (Wildman–Crippen LogP) is 6.46. The van der Waals surface area contributed by atoms with Crippen LogP contribution in [0.5, 0.6) is 0 Å². The van der Waals surface area contributed by atoms with Gasteiger partial charge in [-0.25, -0.2) is 19.6 Å². The van der Waals surface area contributed by atoms with Crippen LogP contribution >= 0.6 is 0 Å². The van der Waals surface area contributed by atoms with Crippen LogP contribution in [0.2, 0.25) is 0 Å². The second-order valence-corrected chi connectivity index (χ2v) is 15.2. The quantitative estimate of drug-likeness (QED) is 0.110. The number of pyridine rings is 1. The lowest BCUT2D eigenvalue weighted by Crippen LogP contribution is -2.51. The van der Waals surface area contributed by atoms with Crippen LogP contribution in [0.25, 0.3) is 33.6 Å². The van der Waals surface area contributed by atoms with E-state index in [2.05, 4.69) is 54.5 Å². The second kappa shape index (κ2) is 17.3. The van der Waals surface area contributed by atoms with Gasteiger partial charge in [0.1, 0.15) is 23.7 Å². The number of carboxylic acid groups (broad SMARTS) is 1. The average molecular weight is 788 g/mol. The third-order valence-electron chi connectivity index (χ3n) is 11.1. The molecule has 0 unspecified atom stereocenters. The number of H-pyrrole nitrogens is 2. The summed E-state index contributed by atoms with van der Waals surface area (Å²) in [5.74, 6) is 0.790. The molecule has 7 rings (SSSR count). The zero-order chi connectivity index (χ0) is 40.9. The molecular formula is C43H49N9O6. The lowest BCUT2D eigenvalue weighted by Gasteiger charge is -2.33. The molecule has 4 atom stereocenters. The first-order valence-corrected chi connectivity index (χ1v) is 19.6. The third kappa shape index (κ3) is 8.43. The number of nitrogens with one attached hydrogen (secondary N) is 3. The topological polar surface area (TPSA) is 190 Å². The molecule has 302 valence electrons. The number of rotatable bonds is 12. The number of likely N-dealkylation sites (tertiary alicyclic amines) is 2. The van der Waals surface area contributed by atoms with Gasteiger partial charge in [-0.3, -0.25) is 19.5 Å². The zero-order valence-corrected chi connectivity index (χ0v) is 33.1. The van der Waals surface area contributed by atoms with Crippen molar-refractivity contribution < 1.29 is 29.0 Å². The minimum atomic E-state index is -1.13. The van der Waals surface area contributed by atoms with Crippen molar-refractivity contribution in [3.63, 3.8) is 0 Å². The summed E-state index contributed by atoms with van der Waals surface area (Å²) in [5.41, 5.74) is 6.34. The Labute approximate surface area is 336 Å². The summed E-state index contributed by atoms with van der Waals surface area (Å²) in [4.78, 5) is 76.6. The number of carbonyl (C=O) groups excluding carboxylic acids is 3. The standard InChI is InChI=1S/C43H49N9O6/c1-26(2)37(50(3)43(56)57)41(54)52-22-8-11-36(52)39-46-25-34(48-39)30-18-14-28(15-19-30)27-12-16-29(17-13-27)33-24-45-38(47-33)35-10-7-21-51(35)40(53)32(49-42(55)58-4)23-31-9-5-6-20-44-31/h5-6,9,12-20,24-26,32,35-37H,7-8,10-11,21-23H2,1-4H3,(H,45,47)(H,46,48)(H,49,55)(H,56,57)/t32-,35-,36-,37-/m0/s1. The number of nitrogens with zero attached hydrogens (tertiary/aromatic N) is 6. The second-order valence-electron chi connectivity index (χ2n) is 15.2. The average Bonchev–Trinajstić information content (AvgIpc) is 4.08. The van der Waals surface area contributed by atoms with Crippen LogP contribution in [0.1, 0.15) is 69.0 Å². The first-order valence-electron chi connectivity index (χ1n) is 19.6. The molecule has 4 N–H and O–H groups in total. The first-order chi connectivity index (χ1) is 28.0. The van der Waals surface area contributed by atoms with E-state index in [1.807, 2.05) is 50.2 Å². The number of likely N-dealkylation sites (N-methyl/N-ethyl adjacent to an activating group) is 1. The van der Waals surface area contributed by atoms with Crippen molar-refractivity contribution in [1.82, 2.24) is 44.9 Å². The normalized spacial score (nSPS) is 17.6. The number of aromatic amines is 2. The van der Waals surface area contributed by atoms with Gasteiger partial charge in [-0.05, 0) is 66.0 Å². The van der Waals surface area contributed by atoms with Crippen molar-refractivity contribution in [3.8, 4) is 33.6 Å². The predicted molar refractivity (Wildman–Crippen MR) is 216 cm³/mol. The maximum atomic E-state index is 13.9.